The zero-order chi connectivity index (χ0) is 13.6. The molecule has 4 heteroatoms. The van der Waals surface area contributed by atoms with Crippen LogP contribution in [0.15, 0.2) is 41.2 Å². The Morgan fingerprint density at radius 3 is 2.63 bits per heavy atom. The summed E-state index contributed by atoms with van der Waals surface area (Å²) in [6.45, 7) is 0. The molecule has 96 valence electrons. The summed E-state index contributed by atoms with van der Waals surface area (Å²) in [6, 6.07) is 10.5. The zero-order valence-corrected chi connectivity index (χ0v) is 10.7. The van der Waals surface area contributed by atoms with Gasteiger partial charge in [0.15, 0.2) is 0 Å². The van der Waals surface area contributed by atoms with E-state index < -0.39 is 0 Å². The van der Waals surface area contributed by atoms with E-state index >= 15 is 0 Å². The summed E-state index contributed by atoms with van der Waals surface area (Å²) in [4.78, 5) is 12.5. The van der Waals surface area contributed by atoms with E-state index in [1.165, 1.54) is 6.07 Å². The molecule has 0 radical (unpaired) electrons. The second-order valence-electron chi connectivity index (χ2n) is 4.42. The third kappa shape index (κ3) is 1.50. The molecule has 3 aromatic rings. The van der Waals surface area contributed by atoms with Gasteiger partial charge in [-0.1, -0.05) is 12.1 Å². The smallest absolute Gasteiger partial charge is 0.201 e. The van der Waals surface area contributed by atoms with Crippen molar-refractivity contribution in [2.75, 3.05) is 7.11 Å². The van der Waals surface area contributed by atoms with E-state index in [2.05, 4.69) is 0 Å². The summed E-state index contributed by atoms with van der Waals surface area (Å²) >= 11 is 0. The number of phenols is 1. The predicted octanol–water partition coefficient (Wildman–Crippen LogP) is 2.41. The maximum absolute atomic E-state index is 12.5. The predicted molar refractivity (Wildman–Crippen MR) is 74.9 cm³/mol. The van der Waals surface area contributed by atoms with Gasteiger partial charge in [0.05, 0.1) is 23.5 Å². The molecule has 0 aliphatic rings. The molecule has 0 spiro atoms. The lowest BCUT2D eigenvalue weighted by Gasteiger charge is -2.14. The lowest BCUT2D eigenvalue weighted by atomic mass is 10.1. The Labute approximate surface area is 109 Å². The second-order valence-corrected chi connectivity index (χ2v) is 4.42. The zero-order valence-electron chi connectivity index (χ0n) is 10.7. The number of aryl methyl sites for hydroxylation is 1. The number of benzene rings is 2. The van der Waals surface area contributed by atoms with Gasteiger partial charge < -0.3 is 14.4 Å². The number of hydrogen-bond donors (Lipinski definition) is 1. The number of methoxy groups -OCH3 is 1. The molecule has 1 aromatic heterocycles. The second kappa shape index (κ2) is 4.02. The van der Waals surface area contributed by atoms with E-state index in [1.54, 1.807) is 19.2 Å². The normalized spacial score (nSPS) is 11.1. The number of para-hydroxylation sites is 1. The molecule has 0 bridgehead atoms. The molecular formula is C15H13NO3. The van der Waals surface area contributed by atoms with Crippen molar-refractivity contribution in [3.8, 4) is 11.5 Å². The van der Waals surface area contributed by atoms with E-state index in [-0.39, 0.29) is 11.2 Å². The van der Waals surface area contributed by atoms with Gasteiger partial charge in [0, 0.05) is 12.4 Å². The van der Waals surface area contributed by atoms with Crippen molar-refractivity contribution in [1.29, 1.82) is 0 Å². The van der Waals surface area contributed by atoms with Crippen LogP contribution in [-0.4, -0.2) is 16.8 Å². The fourth-order valence-electron chi connectivity index (χ4n) is 2.50. The Balaban J connectivity index is 2.71. The van der Waals surface area contributed by atoms with Gasteiger partial charge in [-0.15, -0.1) is 0 Å². The van der Waals surface area contributed by atoms with Crippen LogP contribution in [0.3, 0.4) is 0 Å². The molecular weight excluding hydrogens is 242 g/mol. The Bertz CT molecular complexity index is 849. The molecule has 4 nitrogen and oxygen atoms in total. The van der Waals surface area contributed by atoms with Crippen molar-refractivity contribution in [3.05, 3.63) is 46.6 Å². The first kappa shape index (κ1) is 11.6. The molecule has 0 amide bonds. The van der Waals surface area contributed by atoms with Crippen LogP contribution in [0.25, 0.3) is 21.8 Å². The highest BCUT2D eigenvalue weighted by molar-refractivity contribution is 5.99. The van der Waals surface area contributed by atoms with Crippen molar-refractivity contribution in [2.24, 2.45) is 7.05 Å². The number of ether oxygens (including phenoxy) is 1. The Morgan fingerprint density at radius 2 is 1.89 bits per heavy atom. The van der Waals surface area contributed by atoms with E-state index in [0.29, 0.717) is 22.0 Å². The third-order valence-electron chi connectivity index (χ3n) is 3.41. The first-order chi connectivity index (χ1) is 9.15. The lowest BCUT2D eigenvalue weighted by molar-refractivity contribution is 0.416. The van der Waals surface area contributed by atoms with Crippen molar-refractivity contribution in [2.45, 2.75) is 0 Å². The molecule has 2 aromatic carbocycles. The van der Waals surface area contributed by atoms with Gasteiger partial charge in [0.25, 0.3) is 0 Å². The van der Waals surface area contributed by atoms with Crippen LogP contribution in [0.4, 0.5) is 0 Å². The SMILES string of the molecule is COc1ccc(O)c2c(=O)c3ccccc3n(C)c12. The first-order valence-electron chi connectivity index (χ1n) is 5.92. The molecule has 0 saturated heterocycles. The van der Waals surface area contributed by atoms with E-state index in [1.807, 2.05) is 29.8 Å². The summed E-state index contributed by atoms with van der Waals surface area (Å²) in [6.07, 6.45) is 0. The highest BCUT2D eigenvalue weighted by atomic mass is 16.5. The van der Waals surface area contributed by atoms with Gasteiger partial charge >= 0.3 is 0 Å². The maximum Gasteiger partial charge on any atom is 0.201 e. The number of nitrogens with zero attached hydrogens (tertiary/aromatic N) is 1. The average Bonchev–Trinajstić information content (AvgIpc) is 2.44. The molecule has 1 heterocycles. The van der Waals surface area contributed by atoms with Gasteiger partial charge in [-0.05, 0) is 24.3 Å². The van der Waals surface area contributed by atoms with Crippen molar-refractivity contribution in [1.82, 2.24) is 4.57 Å². The number of fused-ring (bicyclic) bond motifs is 2. The van der Waals surface area contributed by atoms with Crippen LogP contribution in [0.2, 0.25) is 0 Å². The molecule has 0 aliphatic carbocycles. The number of hydrogen-bond acceptors (Lipinski definition) is 3. The standard InChI is InChI=1S/C15H13NO3/c1-16-10-6-4-3-5-9(10)15(18)13-11(17)7-8-12(19-2)14(13)16/h3-8,17H,1-2H3. The number of pyridine rings is 1. The van der Waals surface area contributed by atoms with Crippen LogP contribution >= 0.6 is 0 Å². The first-order valence-corrected chi connectivity index (χ1v) is 5.92. The topological polar surface area (TPSA) is 51.5 Å². The van der Waals surface area contributed by atoms with Crippen LogP contribution < -0.4 is 10.2 Å². The summed E-state index contributed by atoms with van der Waals surface area (Å²) in [5.41, 5.74) is 1.23. The third-order valence-corrected chi connectivity index (χ3v) is 3.41. The van der Waals surface area contributed by atoms with Crippen molar-refractivity contribution < 1.29 is 9.84 Å². The molecule has 0 fully saturated rings. The van der Waals surface area contributed by atoms with Gasteiger partial charge in [-0.25, -0.2) is 0 Å². The van der Waals surface area contributed by atoms with Gasteiger partial charge in [0.1, 0.15) is 11.5 Å². The molecule has 0 unspecified atom stereocenters. The molecule has 0 aliphatic heterocycles. The van der Waals surface area contributed by atoms with Crippen molar-refractivity contribution >= 4 is 21.8 Å². The quantitative estimate of drug-likeness (QED) is 0.679. The van der Waals surface area contributed by atoms with E-state index in [9.17, 15) is 9.90 Å². The lowest BCUT2D eigenvalue weighted by Crippen LogP contribution is -2.10. The van der Waals surface area contributed by atoms with E-state index in [0.717, 1.165) is 5.52 Å². The summed E-state index contributed by atoms with van der Waals surface area (Å²) in [5.74, 6) is 0.542. The van der Waals surface area contributed by atoms with Crippen LogP contribution in [0.1, 0.15) is 0 Å². The minimum Gasteiger partial charge on any atom is -0.507 e. The fourth-order valence-corrected chi connectivity index (χ4v) is 2.50. The van der Waals surface area contributed by atoms with Crippen LogP contribution in [-0.2, 0) is 7.05 Å². The van der Waals surface area contributed by atoms with Crippen molar-refractivity contribution in [3.63, 3.8) is 0 Å². The molecule has 19 heavy (non-hydrogen) atoms. The maximum atomic E-state index is 12.5. The molecule has 3 rings (SSSR count). The monoisotopic (exact) mass is 255 g/mol. The number of aromatic nitrogens is 1. The fraction of sp³-hybridized carbons (Fsp3) is 0.133. The number of phenolic OH excluding ortho intramolecular Hbond substituents is 1. The number of rotatable bonds is 1. The average molecular weight is 255 g/mol. The van der Waals surface area contributed by atoms with Gasteiger partial charge in [-0.2, -0.15) is 0 Å². The largest absolute Gasteiger partial charge is 0.507 e. The molecule has 1 N–H and O–H groups in total. The summed E-state index contributed by atoms with van der Waals surface area (Å²) in [5, 5.41) is 10.9. The van der Waals surface area contributed by atoms with E-state index in [4.69, 9.17) is 4.74 Å². The minimum absolute atomic E-state index is 0.0258. The van der Waals surface area contributed by atoms with Gasteiger partial charge in [0.2, 0.25) is 5.43 Å². The summed E-state index contributed by atoms with van der Waals surface area (Å²) in [7, 11) is 3.40. The van der Waals surface area contributed by atoms with Crippen LogP contribution in [0.5, 0.6) is 11.5 Å². The Morgan fingerprint density at radius 1 is 1.16 bits per heavy atom. The Hall–Kier alpha value is -2.49. The molecule has 0 saturated carbocycles. The van der Waals surface area contributed by atoms with Crippen LogP contribution in [0, 0.1) is 0 Å². The Kier molecular flexibility index (Phi) is 2.45. The van der Waals surface area contributed by atoms with Gasteiger partial charge in [-0.3, -0.25) is 4.79 Å². The highest BCUT2D eigenvalue weighted by Gasteiger charge is 2.15. The highest BCUT2D eigenvalue weighted by Crippen LogP contribution is 2.31. The number of aromatic hydroxyl groups is 1. The summed E-state index contributed by atoms with van der Waals surface area (Å²) < 4.78 is 7.16. The minimum atomic E-state index is -0.180. The molecule has 0 atom stereocenters.